The summed E-state index contributed by atoms with van der Waals surface area (Å²) in [4.78, 5) is 6.91. The highest BCUT2D eigenvalue weighted by Gasteiger charge is 2.17. The van der Waals surface area contributed by atoms with Crippen molar-refractivity contribution in [3.05, 3.63) is 23.9 Å². The lowest BCUT2D eigenvalue weighted by Crippen LogP contribution is -2.25. The summed E-state index contributed by atoms with van der Waals surface area (Å²) in [5.41, 5.74) is 7.33. The molecule has 0 spiro atoms. The molecule has 0 amide bonds. The van der Waals surface area contributed by atoms with Gasteiger partial charge in [0.05, 0.1) is 0 Å². The van der Waals surface area contributed by atoms with Crippen molar-refractivity contribution in [2.24, 2.45) is 5.73 Å². The predicted octanol–water partition coefficient (Wildman–Crippen LogP) is 1.96. The molecule has 0 radical (unpaired) electrons. The summed E-state index contributed by atoms with van der Waals surface area (Å²) >= 11 is 0. The average Bonchev–Trinajstić information content (AvgIpc) is 2.83. The van der Waals surface area contributed by atoms with Crippen LogP contribution in [0.2, 0.25) is 0 Å². The standard InChI is InChI=1S/C13H21N3/c1-2-12(14)10-11-6-5-7-15-13(11)16-8-3-4-9-16/h5-7,12H,2-4,8-10,14H2,1H3. The van der Waals surface area contributed by atoms with Crippen LogP contribution < -0.4 is 10.6 Å². The van der Waals surface area contributed by atoms with E-state index in [0.717, 1.165) is 31.7 Å². The lowest BCUT2D eigenvalue weighted by atomic mass is 10.1. The van der Waals surface area contributed by atoms with E-state index in [4.69, 9.17) is 5.73 Å². The van der Waals surface area contributed by atoms with Crippen LogP contribution in [0.5, 0.6) is 0 Å². The molecule has 3 nitrogen and oxygen atoms in total. The SMILES string of the molecule is CCC(N)Cc1cccnc1N1CCCC1. The third kappa shape index (κ3) is 2.53. The van der Waals surface area contributed by atoms with Crippen molar-refractivity contribution in [3.8, 4) is 0 Å². The molecule has 1 unspecified atom stereocenters. The predicted molar refractivity (Wildman–Crippen MR) is 67.7 cm³/mol. The van der Waals surface area contributed by atoms with Crippen molar-refractivity contribution in [1.29, 1.82) is 0 Å². The van der Waals surface area contributed by atoms with Crippen LogP contribution in [0.3, 0.4) is 0 Å². The molecule has 2 heterocycles. The molecule has 88 valence electrons. The normalized spacial score (nSPS) is 17.8. The van der Waals surface area contributed by atoms with Gasteiger partial charge in [-0.2, -0.15) is 0 Å². The number of nitrogens with two attached hydrogens (primary N) is 1. The largest absolute Gasteiger partial charge is 0.356 e. The zero-order valence-electron chi connectivity index (χ0n) is 10.0. The topological polar surface area (TPSA) is 42.1 Å². The van der Waals surface area contributed by atoms with E-state index >= 15 is 0 Å². The molecule has 1 aromatic rings. The molecular formula is C13H21N3. The first kappa shape index (κ1) is 11.4. The van der Waals surface area contributed by atoms with Crippen molar-refractivity contribution in [2.75, 3.05) is 18.0 Å². The lowest BCUT2D eigenvalue weighted by molar-refractivity contribution is 0.644. The molecule has 1 atom stereocenters. The van der Waals surface area contributed by atoms with E-state index in [-0.39, 0.29) is 6.04 Å². The van der Waals surface area contributed by atoms with Gasteiger partial charge in [0.25, 0.3) is 0 Å². The number of pyridine rings is 1. The van der Waals surface area contributed by atoms with E-state index in [1.807, 2.05) is 12.3 Å². The summed E-state index contributed by atoms with van der Waals surface area (Å²) in [6, 6.07) is 4.43. The minimum atomic E-state index is 0.255. The zero-order chi connectivity index (χ0) is 11.4. The minimum absolute atomic E-state index is 0.255. The van der Waals surface area contributed by atoms with Crippen LogP contribution in [0.4, 0.5) is 5.82 Å². The van der Waals surface area contributed by atoms with Crippen LogP contribution >= 0.6 is 0 Å². The fourth-order valence-electron chi connectivity index (χ4n) is 2.23. The Morgan fingerprint density at radius 1 is 1.44 bits per heavy atom. The van der Waals surface area contributed by atoms with Gasteiger partial charge in [-0.05, 0) is 37.3 Å². The Hall–Kier alpha value is -1.09. The Morgan fingerprint density at radius 2 is 2.19 bits per heavy atom. The number of hydrogen-bond acceptors (Lipinski definition) is 3. The van der Waals surface area contributed by atoms with Gasteiger partial charge >= 0.3 is 0 Å². The Bertz CT molecular complexity index is 332. The maximum atomic E-state index is 6.03. The number of anilines is 1. The Morgan fingerprint density at radius 3 is 2.88 bits per heavy atom. The molecule has 0 saturated carbocycles. The quantitative estimate of drug-likeness (QED) is 0.841. The van der Waals surface area contributed by atoms with E-state index in [0.29, 0.717) is 0 Å². The van der Waals surface area contributed by atoms with Crippen LogP contribution in [-0.4, -0.2) is 24.1 Å². The van der Waals surface area contributed by atoms with Gasteiger partial charge in [-0.25, -0.2) is 4.98 Å². The zero-order valence-corrected chi connectivity index (χ0v) is 10.0. The molecule has 2 N–H and O–H groups in total. The maximum absolute atomic E-state index is 6.03. The van der Waals surface area contributed by atoms with E-state index in [1.54, 1.807) is 0 Å². The van der Waals surface area contributed by atoms with Crippen LogP contribution in [0.15, 0.2) is 18.3 Å². The van der Waals surface area contributed by atoms with Crippen LogP contribution in [0.25, 0.3) is 0 Å². The summed E-state index contributed by atoms with van der Waals surface area (Å²) in [6.45, 7) is 4.42. The third-order valence-electron chi connectivity index (χ3n) is 3.28. The summed E-state index contributed by atoms with van der Waals surface area (Å²) in [5, 5.41) is 0. The average molecular weight is 219 g/mol. The number of rotatable bonds is 4. The second-order valence-electron chi connectivity index (χ2n) is 4.55. The van der Waals surface area contributed by atoms with Gasteiger partial charge in [0.1, 0.15) is 5.82 Å². The fraction of sp³-hybridized carbons (Fsp3) is 0.615. The molecule has 1 aliphatic heterocycles. The smallest absolute Gasteiger partial charge is 0.131 e. The van der Waals surface area contributed by atoms with Gasteiger partial charge < -0.3 is 10.6 Å². The molecule has 2 rings (SSSR count). The number of aromatic nitrogens is 1. The van der Waals surface area contributed by atoms with Gasteiger partial charge in [0, 0.05) is 25.3 Å². The molecule has 1 aliphatic rings. The highest BCUT2D eigenvalue weighted by atomic mass is 15.2. The van der Waals surface area contributed by atoms with Crippen LogP contribution in [0, 0.1) is 0 Å². The van der Waals surface area contributed by atoms with Crippen molar-refractivity contribution < 1.29 is 0 Å². The third-order valence-corrected chi connectivity index (χ3v) is 3.28. The first-order valence-electron chi connectivity index (χ1n) is 6.25. The molecule has 0 aromatic carbocycles. The summed E-state index contributed by atoms with van der Waals surface area (Å²) in [6.07, 6.45) is 6.42. The monoisotopic (exact) mass is 219 g/mol. The van der Waals surface area contributed by atoms with Crippen molar-refractivity contribution in [1.82, 2.24) is 4.98 Å². The molecule has 1 fully saturated rings. The summed E-state index contributed by atoms with van der Waals surface area (Å²) in [7, 11) is 0. The van der Waals surface area contributed by atoms with Gasteiger partial charge in [0.15, 0.2) is 0 Å². The second-order valence-corrected chi connectivity index (χ2v) is 4.55. The minimum Gasteiger partial charge on any atom is -0.356 e. The van der Waals surface area contributed by atoms with Crippen LogP contribution in [0.1, 0.15) is 31.7 Å². The molecule has 1 saturated heterocycles. The van der Waals surface area contributed by atoms with Crippen LogP contribution in [-0.2, 0) is 6.42 Å². The first-order chi connectivity index (χ1) is 7.81. The molecule has 16 heavy (non-hydrogen) atoms. The van der Waals surface area contributed by atoms with E-state index in [9.17, 15) is 0 Å². The van der Waals surface area contributed by atoms with Gasteiger partial charge in [-0.1, -0.05) is 13.0 Å². The summed E-state index contributed by atoms with van der Waals surface area (Å²) < 4.78 is 0. The molecular weight excluding hydrogens is 198 g/mol. The van der Waals surface area contributed by atoms with Crippen molar-refractivity contribution >= 4 is 5.82 Å². The maximum Gasteiger partial charge on any atom is 0.131 e. The number of nitrogens with zero attached hydrogens (tertiary/aromatic N) is 2. The number of hydrogen-bond donors (Lipinski definition) is 1. The van der Waals surface area contributed by atoms with E-state index < -0.39 is 0 Å². The molecule has 3 heteroatoms. The second kappa shape index (κ2) is 5.30. The van der Waals surface area contributed by atoms with Gasteiger partial charge in [-0.15, -0.1) is 0 Å². The molecule has 1 aromatic heterocycles. The lowest BCUT2D eigenvalue weighted by Gasteiger charge is -2.21. The molecule has 0 aliphatic carbocycles. The first-order valence-corrected chi connectivity index (χ1v) is 6.25. The Kier molecular flexibility index (Phi) is 3.78. The van der Waals surface area contributed by atoms with E-state index in [1.165, 1.54) is 18.4 Å². The van der Waals surface area contributed by atoms with Crippen molar-refractivity contribution in [2.45, 2.75) is 38.6 Å². The Balaban J connectivity index is 2.16. The van der Waals surface area contributed by atoms with E-state index in [2.05, 4.69) is 22.9 Å². The van der Waals surface area contributed by atoms with Gasteiger partial charge in [-0.3, -0.25) is 0 Å². The molecule has 0 bridgehead atoms. The van der Waals surface area contributed by atoms with Gasteiger partial charge in [0.2, 0.25) is 0 Å². The Labute approximate surface area is 97.7 Å². The highest BCUT2D eigenvalue weighted by molar-refractivity contribution is 5.47. The fourth-order valence-corrected chi connectivity index (χ4v) is 2.23. The van der Waals surface area contributed by atoms with Crippen molar-refractivity contribution in [3.63, 3.8) is 0 Å². The summed E-state index contributed by atoms with van der Waals surface area (Å²) in [5.74, 6) is 1.16. The highest BCUT2D eigenvalue weighted by Crippen LogP contribution is 2.22.